The summed E-state index contributed by atoms with van der Waals surface area (Å²) >= 11 is 0. The summed E-state index contributed by atoms with van der Waals surface area (Å²) < 4.78 is 3.91. The molecule has 0 N–H and O–H groups in total. The molecule has 0 unspecified atom stereocenters. The van der Waals surface area contributed by atoms with Crippen molar-refractivity contribution in [3.8, 4) is 11.3 Å². The van der Waals surface area contributed by atoms with Crippen LogP contribution >= 0.6 is 0 Å². The fourth-order valence-electron chi connectivity index (χ4n) is 4.51. The molecule has 3 aromatic rings. The third-order valence-corrected chi connectivity index (χ3v) is 5.71. The Morgan fingerprint density at radius 1 is 1.19 bits per heavy atom. The Morgan fingerprint density at radius 2 is 2.08 bits per heavy atom. The first-order valence-electron chi connectivity index (χ1n) is 9.03. The van der Waals surface area contributed by atoms with Crippen LogP contribution in [0.3, 0.4) is 0 Å². The van der Waals surface area contributed by atoms with Gasteiger partial charge in [0.05, 0.1) is 11.9 Å². The summed E-state index contributed by atoms with van der Waals surface area (Å²) in [7, 11) is 0. The SMILES string of the molecule is CC(=O)N1C[C@@H]2C[C@H](C1)c1cc(-c3cnc4ccccn34)cc(=O)n1C2. The first-order chi connectivity index (χ1) is 12.6. The number of likely N-dealkylation sites (tertiary alicyclic amines) is 1. The van der Waals surface area contributed by atoms with Gasteiger partial charge >= 0.3 is 0 Å². The second kappa shape index (κ2) is 5.56. The summed E-state index contributed by atoms with van der Waals surface area (Å²) in [5, 5.41) is 0. The van der Waals surface area contributed by atoms with Gasteiger partial charge in [-0.15, -0.1) is 0 Å². The molecule has 0 spiro atoms. The average molecular weight is 348 g/mol. The number of hydrogen-bond donors (Lipinski definition) is 0. The molecule has 132 valence electrons. The van der Waals surface area contributed by atoms with Gasteiger partial charge in [-0.05, 0) is 30.5 Å². The van der Waals surface area contributed by atoms with E-state index in [1.165, 1.54) is 0 Å². The summed E-state index contributed by atoms with van der Waals surface area (Å²) in [5.41, 5.74) is 3.75. The van der Waals surface area contributed by atoms with Gasteiger partial charge in [-0.3, -0.25) is 14.0 Å². The Morgan fingerprint density at radius 3 is 2.92 bits per heavy atom. The number of aromatic nitrogens is 3. The highest BCUT2D eigenvalue weighted by Crippen LogP contribution is 2.36. The van der Waals surface area contributed by atoms with Gasteiger partial charge in [0, 0.05) is 56.0 Å². The van der Waals surface area contributed by atoms with Crippen molar-refractivity contribution in [2.45, 2.75) is 25.8 Å². The Bertz CT molecular complexity index is 1080. The molecule has 3 aromatic heterocycles. The highest BCUT2D eigenvalue weighted by molar-refractivity contribution is 5.73. The predicted octanol–water partition coefficient (Wildman–Crippen LogP) is 2.13. The Labute approximate surface area is 150 Å². The third kappa shape index (κ3) is 2.29. The van der Waals surface area contributed by atoms with E-state index in [0.29, 0.717) is 19.0 Å². The van der Waals surface area contributed by atoms with E-state index in [-0.39, 0.29) is 17.4 Å². The largest absolute Gasteiger partial charge is 0.342 e. The quantitative estimate of drug-likeness (QED) is 0.677. The van der Waals surface area contributed by atoms with Crippen molar-refractivity contribution in [2.75, 3.05) is 13.1 Å². The molecule has 1 saturated heterocycles. The molecular weight excluding hydrogens is 328 g/mol. The van der Waals surface area contributed by atoms with Gasteiger partial charge in [0.2, 0.25) is 5.91 Å². The van der Waals surface area contributed by atoms with Crippen molar-refractivity contribution < 1.29 is 4.79 Å². The van der Waals surface area contributed by atoms with Crippen LogP contribution in [-0.2, 0) is 11.3 Å². The number of carbonyl (C=O) groups is 1. The topological polar surface area (TPSA) is 59.6 Å². The molecule has 0 radical (unpaired) electrons. The number of nitrogens with zero attached hydrogens (tertiary/aromatic N) is 4. The van der Waals surface area contributed by atoms with Crippen LogP contribution in [0.4, 0.5) is 0 Å². The smallest absolute Gasteiger partial charge is 0.251 e. The Kier molecular flexibility index (Phi) is 3.29. The molecule has 0 saturated carbocycles. The maximum absolute atomic E-state index is 12.8. The molecule has 5 rings (SSSR count). The van der Waals surface area contributed by atoms with Crippen LogP contribution in [-0.4, -0.2) is 37.8 Å². The van der Waals surface area contributed by atoms with E-state index in [2.05, 4.69) is 11.1 Å². The van der Waals surface area contributed by atoms with Crippen molar-refractivity contribution in [3.05, 3.63) is 58.8 Å². The van der Waals surface area contributed by atoms with Gasteiger partial charge in [-0.25, -0.2) is 4.98 Å². The summed E-state index contributed by atoms with van der Waals surface area (Å²) in [4.78, 5) is 31.0. The van der Waals surface area contributed by atoms with Gasteiger partial charge < -0.3 is 9.47 Å². The maximum atomic E-state index is 12.8. The first kappa shape index (κ1) is 15.4. The maximum Gasteiger partial charge on any atom is 0.251 e. The lowest BCUT2D eigenvalue weighted by atomic mass is 9.82. The fraction of sp³-hybridized carbons (Fsp3) is 0.350. The van der Waals surface area contributed by atoms with Gasteiger partial charge in [-0.2, -0.15) is 0 Å². The van der Waals surface area contributed by atoms with Crippen LogP contribution in [0.5, 0.6) is 0 Å². The normalized spacial score (nSPS) is 21.7. The Balaban J connectivity index is 1.64. The molecule has 2 bridgehead atoms. The number of fused-ring (bicyclic) bond motifs is 5. The zero-order valence-corrected chi connectivity index (χ0v) is 14.6. The summed E-state index contributed by atoms with van der Waals surface area (Å²) in [5.74, 6) is 0.705. The number of carbonyl (C=O) groups excluding carboxylic acids is 1. The second-order valence-corrected chi connectivity index (χ2v) is 7.41. The van der Waals surface area contributed by atoms with E-state index in [1.54, 1.807) is 13.0 Å². The van der Waals surface area contributed by atoms with Crippen molar-refractivity contribution in [1.29, 1.82) is 0 Å². The predicted molar refractivity (Wildman–Crippen MR) is 98.0 cm³/mol. The highest BCUT2D eigenvalue weighted by Gasteiger charge is 2.35. The molecule has 1 fully saturated rings. The second-order valence-electron chi connectivity index (χ2n) is 7.41. The van der Waals surface area contributed by atoms with Crippen molar-refractivity contribution in [2.24, 2.45) is 5.92 Å². The van der Waals surface area contributed by atoms with Crippen LogP contribution in [0.25, 0.3) is 16.9 Å². The van der Waals surface area contributed by atoms with E-state index in [1.807, 2.05) is 44.5 Å². The number of rotatable bonds is 1. The minimum Gasteiger partial charge on any atom is -0.342 e. The van der Waals surface area contributed by atoms with Gasteiger partial charge in [-0.1, -0.05) is 6.07 Å². The van der Waals surface area contributed by atoms with E-state index in [4.69, 9.17) is 0 Å². The van der Waals surface area contributed by atoms with Crippen LogP contribution in [0.1, 0.15) is 25.0 Å². The van der Waals surface area contributed by atoms with Crippen LogP contribution in [0, 0.1) is 5.92 Å². The number of pyridine rings is 2. The zero-order chi connectivity index (χ0) is 17.8. The molecule has 0 aromatic carbocycles. The van der Waals surface area contributed by atoms with Gasteiger partial charge in [0.1, 0.15) is 5.65 Å². The molecule has 26 heavy (non-hydrogen) atoms. The Hall–Kier alpha value is -2.89. The molecule has 6 heteroatoms. The minimum absolute atomic E-state index is 0.0364. The van der Waals surface area contributed by atoms with Crippen LogP contribution in [0.2, 0.25) is 0 Å². The average Bonchev–Trinajstić information content (AvgIpc) is 3.06. The lowest BCUT2D eigenvalue weighted by Gasteiger charge is -2.42. The number of amides is 1. The molecule has 1 amide bonds. The van der Waals surface area contributed by atoms with Crippen LogP contribution in [0.15, 0.2) is 47.5 Å². The highest BCUT2D eigenvalue weighted by atomic mass is 16.2. The number of piperidine rings is 1. The van der Waals surface area contributed by atoms with Crippen molar-refractivity contribution in [3.63, 3.8) is 0 Å². The summed E-state index contributed by atoms with van der Waals surface area (Å²) in [6.07, 6.45) is 4.82. The third-order valence-electron chi connectivity index (χ3n) is 5.71. The molecule has 6 nitrogen and oxygen atoms in total. The van der Waals surface area contributed by atoms with E-state index in [9.17, 15) is 9.59 Å². The molecular formula is C20H20N4O2. The lowest BCUT2D eigenvalue weighted by Crippen LogP contribution is -2.48. The van der Waals surface area contributed by atoms with E-state index in [0.717, 1.165) is 35.6 Å². The molecule has 2 aliphatic rings. The van der Waals surface area contributed by atoms with Crippen molar-refractivity contribution in [1.82, 2.24) is 18.9 Å². The van der Waals surface area contributed by atoms with E-state index < -0.39 is 0 Å². The number of imidazole rings is 1. The molecule has 0 aliphatic carbocycles. The monoisotopic (exact) mass is 348 g/mol. The first-order valence-corrected chi connectivity index (χ1v) is 9.03. The fourth-order valence-corrected chi connectivity index (χ4v) is 4.51. The van der Waals surface area contributed by atoms with Gasteiger partial charge in [0.25, 0.3) is 5.56 Å². The van der Waals surface area contributed by atoms with E-state index >= 15 is 0 Å². The summed E-state index contributed by atoms with van der Waals surface area (Å²) in [6.45, 7) is 3.78. The van der Waals surface area contributed by atoms with Crippen molar-refractivity contribution >= 4 is 11.6 Å². The number of hydrogen-bond acceptors (Lipinski definition) is 3. The van der Waals surface area contributed by atoms with Crippen LogP contribution < -0.4 is 5.56 Å². The molecule has 2 aliphatic heterocycles. The lowest BCUT2D eigenvalue weighted by molar-refractivity contribution is -0.131. The molecule has 5 heterocycles. The zero-order valence-electron chi connectivity index (χ0n) is 14.6. The minimum atomic E-state index is 0.0364. The standard InChI is InChI=1S/C20H20N4O2/c1-13(25)22-10-14-6-16(12-22)17-7-15(8-20(26)24(17)11-14)18-9-21-19-4-2-3-5-23(18)19/h2-5,7-9,14,16H,6,10-12H2,1H3/t14-,16+/m0/s1. The molecule has 2 atom stereocenters. The summed E-state index contributed by atoms with van der Waals surface area (Å²) in [6, 6.07) is 9.68. The van der Waals surface area contributed by atoms with Gasteiger partial charge in [0.15, 0.2) is 0 Å².